The van der Waals surface area contributed by atoms with Gasteiger partial charge in [-0.2, -0.15) is 5.48 Å². The maximum absolute atomic E-state index is 12.9. The van der Waals surface area contributed by atoms with Crippen LogP contribution in [0, 0.1) is 17.8 Å². The van der Waals surface area contributed by atoms with Gasteiger partial charge in [0.2, 0.25) is 0 Å². The summed E-state index contributed by atoms with van der Waals surface area (Å²) < 4.78 is 5.94. The molecule has 0 aliphatic heterocycles. The number of rotatable bonds is 7. The topological polar surface area (TPSA) is 105 Å². The normalized spacial score (nSPS) is 27.8. The number of carbonyl (C=O) groups is 2. The Bertz CT molecular complexity index is 1020. The van der Waals surface area contributed by atoms with Gasteiger partial charge in [-0.25, -0.2) is 4.79 Å². The smallest absolute Gasteiger partial charge is 0.362 e. The van der Waals surface area contributed by atoms with Gasteiger partial charge in [0.15, 0.2) is 0 Å². The van der Waals surface area contributed by atoms with Crippen molar-refractivity contribution in [1.29, 1.82) is 0 Å². The number of aliphatic hydroxyl groups is 2. The zero-order valence-corrected chi connectivity index (χ0v) is 19.1. The largest absolute Gasteiger partial charge is 0.490 e. The molecule has 1 atom stereocenters. The first-order valence-electron chi connectivity index (χ1n) is 12.1. The molecule has 4 aliphatic rings. The summed E-state index contributed by atoms with van der Waals surface area (Å²) in [6, 6.07) is 13.7. The van der Waals surface area contributed by atoms with Crippen molar-refractivity contribution >= 4 is 11.9 Å². The molecule has 1 amide bonds. The standard InChI is InChI=1S/C27H31NO6/c29-15-22(30)16-33-24-7-6-21(25(31)28-34-26(32)20-4-2-1-3-5-20)11-23(24)27-12-17-8-18(13-27)10-19(9-17)14-27/h1-7,11,17-19,22,29-30H,8-10,12-16H2,(H,28,31). The van der Waals surface area contributed by atoms with E-state index < -0.39 is 18.0 Å². The first kappa shape index (κ1) is 22.9. The molecule has 0 radical (unpaired) electrons. The molecule has 4 aliphatic carbocycles. The van der Waals surface area contributed by atoms with Gasteiger partial charge < -0.3 is 19.8 Å². The van der Waals surface area contributed by atoms with Gasteiger partial charge in [-0.3, -0.25) is 4.79 Å². The highest BCUT2D eigenvalue weighted by Gasteiger charge is 2.52. The fraction of sp³-hybridized carbons (Fsp3) is 0.481. The van der Waals surface area contributed by atoms with E-state index in [1.54, 1.807) is 42.5 Å². The second kappa shape index (κ2) is 9.39. The van der Waals surface area contributed by atoms with E-state index in [4.69, 9.17) is 9.57 Å². The third-order valence-corrected chi connectivity index (χ3v) is 7.74. The lowest BCUT2D eigenvalue weighted by molar-refractivity contribution is -0.00743. The predicted molar refractivity (Wildman–Crippen MR) is 124 cm³/mol. The van der Waals surface area contributed by atoms with Crippen LogP contribution in [-0.4, -0.2) is 41.4 Å². The molecule has 4 fully saturated rings. The van der Waals surface area contributed by atoms with Gasteiger partial charge in [0.25, 0.3) is 5.91 Å². The number of carbonyl (C=O) groups excluding carboxylic acids is 2. The second-order valence-corrected chi connectivity index (χ2v) is 10.2. The number of benzene rings is 2. The van der Waals surface area contributed by atoms with Crippen molar-refractivity contribution in [3.05, 3.63) is 65.2 Å². The molecule has 4 saturated carbocycles. The van der Waals surface area contributed by atoms with E-state index in [0.717, 1.165) is 24.8 Å². The SMILES string of the molecule is O=C(NOC(=O)c1ccccc1)c1ccc(OCC(O)CO)c(C23CC4CC(CC(C4)C2)C3)c1. The molecule has 7 nitrogen and oxygen atoms in total. The molecule has 2 aromatic rings. The average Bonchev–Trinajstić information content (AvgIpc) is 2.85. The van der Waals surface area contributed by atoms with Crippen LogP contribution in [0.15, 0.2) is 48.5 Å². The van der Waals surface area contributed by atoms with E-state index >= 15 is 0 Å². The number of ether oxygens (including phenoxy) is 1. The zero-order chi connectivity index (χ0) is 23.7. The highest BCUT2D eigenvalue weighted by atomic mass is 16.7. The van der Waals surface area contributed by atoms with Gasteiger partial charge >= 0.3 is 5.97 Å². The maximum Gasteiger partial charge on any atom is 0.362 e. The number of nitrogens with one attached hydrogen (secondary N) is 1. The van der Waals surface area contributed by atoms with E-state index in [0.29, 0.717) is 34.6 Å². The summed E-state index contributed by atoms with van der Waals surface area (Å²) in [5.74, 6) is 1.61. The highest BCUT2D eigenvalue weighted by molar-refractivity contribution is 5.96. The molecule has 2 aromatic carbocycles. The number of hydrogen-bond donors (Lipinski definition) is 3. The molecule has 0 heterocycles. The van der Waals surface area contributed by atoms with Crippen LogP contribution in [0.3, 0.4) is 0 Å². The zero-order valence-electron chi connectivity index (χ0n) is 19.1. The van der Waals surface area contributed by atoms with Gasteiger partial charge in [0, 0.05) is 11.1 Å². The van der Waals surface area contributed by atoms with Crippen molar-refractivity contribution in [2.24, 2.45) is 17.8 Å². The predicted octanol–water partition coefficient (Wildman–Crippen LogP) is 3.39. The van der Waals surface area contributed by atoms with Crippen molar-refractivity contribution in [2.75, 3.05) is 13.2 Å². The Morgan fingerprint density at radius 2 is 1.62 bits per heavy atom. The number of hydrogen-bond acceptors (Lipinski definition) is 6. The first-order chi connectivity index (χ1) is 16.5. The minimum Gasteiger partial charge on any atom is -0.490 e. The van der Waals surface area contributed by atoms with Gasteiger partial charge in [-0.05, 0) is 92.0 Å². The quantitative estimate of drug-likeness (QED) is 0.542. The number of aliphatic hydroxyl groups excluding tert-OH is 2. The minimum atomic E-state index is -0.968. The summed E-state index contributed by atoms with van der Waals surface area (Å²) in [7, 11) is 0. The average molecular weight is 466 g/mol. The molecule has 0 aromatic heterocycles. The fourth-order valence-electron chi connectivity index (χ4n) is 6.68. The molecule has 3 N–H and O–H groups in total. The summed E-state index contributed by atoms with van der Waals surface area (Å²) in [5.41, 5.74) is 3.95. The van der Waals surface area contributed by atoms with E-state index in [1.807, 2.05) is 6.07 Å². The molecule has 4 bridgehead atoms. The maximum atomic E-state index is 12.9. The third kappa shape index (κ3) is 4.55. The molecule has 34 heavy (non-hydrogen) atoms. The highest BCUT2D eigenvalue weighted by Crippen LogP contribution is 2.62. The molecule has 6 rings (SSSR count). The van der Waals surface area contributed by atoms with Crippen LogP contribution >= 0.6 is 0 Å². The van der Waals surface area contributed by atoms with Gasteiger partial charge in [0.1, 0.15) is 18.5 Å². The number of hydroxylamine groups is 1. The van der Waals surface area contributed by atoms with Crippen LogP contribution in [0.2, 0.25) is 0 Å². The monoisotopic (exact) mass is 465 g/mol. The van der Waals surface area contributed by atoms with Crippen LogP contribution < -0.4 is 10.2 Å². The Balaban J connectivity index is 1.38. The van der Waals surface area contributed by atoms with Crippen molar-refractivity contribution < 1.29 is 29.4 Å². The molecule has 0 saturated heterocycles. The van der Waals surface area contributed by atoms with Gasteiger partial charge in [-0.1, -0.05) is 18.2 Å². The van der Waals surface area contributed by atoms with Crippen LogP contribution in [0.5, 0.6) is 5.75 Å². The van der Waals surface area contributed by atoms with Crippen LogP contribution in [0.1, 0.15) is 64.8 Å². The summed E-state index contributed by atoms with van der Waals surface area (Å²) in [6.07, 6.45) is 6.12. The van der Waals surface area contributed by atoms with Crippen LogP contribution in [-0.2, 0) is 10.3 Å². The Kier molecular flexibility index (Phi) is 6.32. The lowest BCUT2D eigenvalue weighted by Gasteiger charge is -2.57. The Labute approximate surface area is 199 Å². The number of amides is 1. The summed E-state index contributed by atoms with van der Waals surface area (Å²) in [5, 5.41) is 19.0. The first-order valence-corrected chi connectivity index (χ1v) is 12.1. The van der Waals surface area contributed by atoms with Gasteiger partial charge in [0.05, 0.1) is 12.2 Å². The molecule has 0 spiro atoms. The van der Waals surface area contributed by atoms with Crippen molar-refractivity contribution in [2.45, 2.75) is 50.0 Å². The Morgan fingerprint density at radius 3 is 2.24 bits per heavy atom. The Hall–Kier alpha value is -2.90. The molecular weight excluding hydrogens is 434 g/mol. The van der Waals surface area contributed by atoms with Crippen LogP contribution in [0.4, 0.5) is 0 Å². The van der Waals surface area contributed by atoms with Crippen molar-refractivity contribution in [3.8, 4) is 5.75 Å². The molecule has 7 heteroatoms. The fourth-order valence-corrected chi connectivity index (χ4v) is 6.68. The Morgan fingerprint density at radius 1 is 0.971 bits per heavy atom. The lowest BCUT2D eigenvalue weighted by Crippen LogP contribution is -2.48. The van der Waals surface area contributed by atoms with Crippen molar-refractivity contribution in [1.82, 2.24) is 5.48 Å². The summed E-state index contributed by atoms with van der Waals surface area (Å²) in [6.45, 7) is -0.393. The lowest BCUT2D eigenvalue weighted by atomic mass is 9.48. The van der Waals surface area contributed by atoms with E-state index in [2.05, 4.69) is 5.48 Å². The van der Waals surface area contributed by atoms with Gasteiger partial charge in [-0.15, -0.1) is 0 Å². The van der Waals surface area contributed by atoms with E-state index in [9.17, 15) is 19.8 Å². The summed E-state index contributed by atoms with van der Waals surface area (Å²) >= 11 is 0. The van der Waals surface area contributed by atoms with Crippen molar-refractivity contribution in [3.63, 3.8) is 0 Å². The molecular formula is C27H31NO6. The summed E-state index contributed by atoms with van der Waals surface area (Å²) in [4.78, 5) is 30.1. The van der Waals surface area contributed by atoms with E-state index in [1.165, 1.54) is 19.3 Å². The molecule has 1 unspecified atom stereocenters. The second-order valence-electron chi connectivity index (χ2n) is 10.2. The molecule has 180 valence electrons. The minimum absolute atomic E-state index is 0.0178. The van der Waals surface area contributed by atoms with Crippen LogP contribution in [0.25, 0.3) is 0 Å². The van der Waals surface area contributed by atoms with E-state index in [-0.39, 0.29) is 18.6 Å². The third-order valence-electron chi connectivity index (χ3n) is 7.74.